The molecule has 0 radical (unpaired) electrons. The fourth-order valence-corrected chi connectivity index (χ4v) is 1.66. The molecular weight excluding hydrogens is 244 g/mol. The molecule has 2 atom stereocenters. The number of nitrogens with two attached hydrogens (primary N) is 1. The van der Waals surface area contributed by atoms with Crippen LogP contribution in [0.4, 0.5) is 5.69 Å². The van der Waals surface area contributed by atoms with E-state index in [0.717, 1.165) is 0 Å². The normalized spacial score (nSPS) is 14.2. The summed E-state index contributed by atoms with van der Waals surface area (Å²) in [4.78, 5) is 11.6. The highest BCUT2D eigenvalue weighted by molar-refractivity contribution is 5.97. The number of carbonyl (C=O) groups excluding carboxylic acids is 1. The van der Waals surface area contributed by atoms with Gasteiger partial charge in [-0.2, -0.15) is 0 Å². The maximum absolute atomic E-state index is 11.6. The number of ether oxygens (including phenoxy) is 1. The lowest BCUT2D eigenvalue weighted by Gasteiger charge is -2.25. The van der Waals surface area contributed by atoms with Crippen molar-refractivity contribution < 1.29 is 14.6 Å². The fraction of sp³-hybridized carbons (Fsp3) is 0.500. The molecule has 1 aromatic rings. The van der Waals surface area contributed by atoms with Crippen LogP contribution in [0.5, 0.6) is 5.75 Å². The molecule has 0 bridgehead atoms. The zero-order valence-corrected chi connectivity index (χ0v) is 11.8. The number of aliphatic hydroxyl groups excluding tert-OH is 1. The number of hydrogen-bond donors (Lipinski definition) is 3. The molecular formula is C14H22N2O3. The van der Waals surface area contributed by atoms with Crippen molar-refractivity contribution in [3.05, 3.63) is 23.8 Å². The molecule has 5 heteroatoms. The van der Waals surface area contributed by atoms with E-state index in [1.807, 2.05) is 13.8 Å². The fourth-order valence-electron chi connectivity index (χ4n) is 1.66. The second-order valence-electron chi connectivity index (χ2n) is 4.91. The predicted octanol–water partition coefficient (Wildman–Crippen LogP) is 1.56. The summed E-state index contributed by atoms with van der Waals surface area (Å²) < 4.78 is 5.70. The number of anilines is 1. The second kappa shape index (κ2) is 6.54. The van der Waals surface area contributed by atoms with Crippen molar-refractivity contribution >= 4 is 11.5 Å². The van der Waals surface area contributed by atoms with Crippen LogP contribution in [0.25, 0.3) is 0 Å². The molecule has 0 spiro atoms. The van der Waals surface area contributed by atoms with E-state index in [1.165, 1.54) is 6.92 Å². The van der Waals surface area contributed by atoms with Gasteiger partial charge in [0.1, 0.15) is 11.9 Å². The van der Waals surface area contributed by atoms with Gasteiger partial charge < -0.3 is 15.6 Å². The van der Waals surface area contributed by atoms with Crippen LogP contribution in [0.2, 0.25) is 0 Å². The number of rotatable bonds is 6. The Morgan fingerprint density at radius 1 is 1.37 bits per heavy atom. The van der Waals surface area contributed by atoms with Crippen LogP contribution in [0, 0.1) is 0 Å². The van der Waals surface area contributed by atoms with Crippen molar-refractivity contribution in [3.63, 3.8) is 0 Å². The molecule has 0 saturated heterocycles. The molecule has 1 aromatic carbocycles. The molecule has 0 saturated carbocycles. The van der Waals surface area contributed by atoms with Crippen LogP contribution in [0.15, 0.2) is 18.2 Å². The summed E-state index contributed by atoms with van der Waals surface area (Å²) >= 11 is 0. The first-order chi connectivity index (χ1) is 8.81. The molecule has 0 aliphatic heterocycles. The number of aliphatic hydroxyl groups is 1. The van der Waals surface area contributed by atoms with Crippen molar-refractivity contribution in [3.8, 4) is 5.75 Å². The lowest BCUT2D eigenvalue weighted by molar-refractivity contribution is 0.0213. The van der Waals surface area contributed by atoms with Gasteiger partial charge in [0, 0.05) is 11.7 Å². The van der Waals surface area contributed by atoms with Crippen molar-refractivity contribution in [1.29, 1.82) is 0 Å². The number of nitrogen functional groups attached to an aromatic ring is 1. The number of hydrogen-bond acceptors (Lipinski definition) is 5. The summed E-state index contributed by atoms with van der Waals surface area (Å²) in [5, 5.41) is 12.8. The standard InChI is InChI=1S/C14H22N2O3/c1-8(2)16-14(10(4)18)19-13-6-5-11(15)7-12(13)9(3)17/h5-8,10,14,16,18H,15H2,1-4H3. The number of ketones is 1. The Balaban J connectivity index is 2.99. The monoisotopic (exact) mass is 266 g/mol. The van der Waals surface area contributed by atoms with Crippen LogP contribution < -0.4 is 15.8 Å². The number of Topliss-reactive ketones (excluding diaryl/α,β-unsaturated/α-hetero) is 1. The number of benzene rings is 1. The minimum Gasteiger partial charge on any atom is -0.472 e. The van der Waals surface area contributed by atoms with E-state index in [1.54, 1.807) is 25.1 Å². The Morgan fingerprint density at radius 3 is 2.47 bits per heavy atom. The van der Waals surface area contributed by atoms with Gasteiger partial charge in [0.25, 0.3) is 0 Å². The van der Waals surface area contributed by atoms with Gasteiger partial charge in [-0.15, -0.1) is 0 Å². The lowest BCUT2D eigenvalue weighted by atomic mass is 10.1. The Morgan fingerprint density at radius 2 is 2.00 bits per heavy atom. The Hall–Kier alpha value is -1.59. The molecule has 19 heavy (non-hydrogen) atoms. The molecule has 4 N–H and O–H groups in total. The van der Waals surface area contributed by atoms with Crippen molar-refractivity contribution in [2.75, 3.05) is 5.73 Å². The van der Waals surface area contributed by atoms with Gasteiger partial charge in [-0.25, -0.2) is 0 Å². The summed E-state index contributed by atoms with van der Waals surface area (Å²) in [7, 11) is 0. The molecule has 0 amide bonds. The maximum atomic E-state index is 11.6. The third kappa shape index (κ3) is 4.54. The zero-order valence-electron chi connectivity index (χ0n) is 11.8. The first-order valence-corrected chi connectivity index (χ1v) is 6.32. The van der Waals surface area contributed by atoms with E-state index in [-0.39, 0.29) is 11.8 Å². The van der Waals surface area contributed by atoms with Gasteiger partial charge in [-0.05, 0) is 45.9 Å². The molecule has 0 aliphatic carbocycles. The van der Waals surface area contributed by atoms with Gasteiger partial charge in [-0.3, -0.25) is 10.1 Å². The second-order valence-corrected chi connectivity index (χ2v) is 4.91. The third-order valence-electron chi connectivity index (χ3n) is 2.57. The van der Waals surface area contributed by atoms with Crippen molar-refractivity contribution in [2.24, 2.45) is 0 Å². The average Bonchev–Trinajstić information content (AvgIpc) is 2.29. The molecule has 5 nitrogen and oxygen atoms in total. The largest absolute Gasteiger partial charge is 0.472 e. The van der Waals surface area contributed by atoms with Crippen molar-refractivity contribution in [1.82, 2.24) is 5.32 Å². The summed E-state index contributed by atoms with van der Waals surface area (Å²) in [6, 6.07) is 5.03. The highest BCUT2D eigenvalue weighted by Crippen LogP contribution is 2.23. The van der Waals surface area contributed by atoms with Gasteiger partial charge in [0.05, 0.1) is 5.56 Å². The summed E-state index contributed by atoms with van der Waals surface area (Å²) in [6.45, 7) is 6.99. The van der Waals surface area contributed by atoms with E-state index >= 15 is 0 Å². The molecule has 0 aromatic heterocycles. The summed E-state index contributed by atoms with van der Waals surface area (Å²) in [6.07, 6.45) is -1.29. The van der Waals surface area contributed by atoms with Gasteiger partial charge in [0.15, 0.2) is 12.0 Å². The van der Waals surface area contributed by atoms with E-state index in [2.05, 4.69) is 5.32 Å². The lowest BCUT2D eigenvalue weighted by Crippen LogP contribution is -2.46. The maximum Gasteiger partial charge on any atom is 0.176 e. The zero-order chi connectivity index (χ0) is 14.6. The van der Waals surface area contributed by atoms with E-state index in [9.17, 15) is 9.90 Å². The number of nitrogens with one attached hydrogen (secondary N) is 1. The minimum absolute atomic E-state index is 0.129. The van der Waals surface area contributed by atoms with Gasteiger partial charge in [-0.1, -0.05) is 0 Å². The van der Waals surface area contributed by atoms with Crippen LogP contribution in [-0.2, 0) is 0 Å². The van der Waals surface area contributed by atoms with E-state index in [0.29, 0.717) is 17.0 Å². The quantitative estimate of drug-likeness (QED) is 0.413. The van der Waals surface area contributed by atoms with E-state index in [4.69, 9.17) is 10.5 Å². The summed E-state index contributed by atoms with van der Waals surface area (Å²) in [5.74, 6) is 0.289. The Kier molecular flexibility index (Phi) is 5.32. The molecule has 0 aliphatic rings. The highest BCUT2D eigenvalue weighted by atomic mass is 16.5. The molecule has 1 rings (SSSR count). The van der Waals surface area contributed by atoms with E-state index < -0.39 is 12.3 Å². The van der Waals surface area contributed by atoms with Crippen LogP contribution in [0.1, 0.15) is 38.1 Å². The predicted molar refractivity (Wildman–Crippen MR) is 75.2 cm³/mol. The van der Waals surface area contributed by atoms with Gasteiger partial charge in [0.2, 0.25) is 0 Å². The van der Waals surface area contributed by atoms with Crippen molar-refractivity contribution in [2.45, 2.75) is 46.1 Å². The average molecular weight is 266 g/mol. The Bertz CT molecular complexity index is 444. The first-order valence-electron chi connectivity index (χ1n) is 6.32. The van der Waals surface area contributed by atoms with Crippen LogP contribution in [-0.4, -0.2) is 29.3 Å². The van der Waals surface area contributed by atoms with Crippen LogP contribution >= 0.6 is 0 Å². The molecule has 106 valence electrons. The van der Waals surface area contributed by atoms with Crippen LogP contribution in [0.3, 0.4) is 0 Å². The summed E-state index contributed by atoms with van der Waals surface area (Å²) in [5.41, 5.74) is 6.58. The molecule has 2 unspecified atom stereocenters. The molecule has 0 heterocycles. The first kappa shape index (κ1) is 15.5. The third-order valence-corrected chi connectivity index (χ3v) is 2.57. The smallest absolute Gasteiger partial charge is 0.176 e. The molecule has 0 fully saturated rings. The SMILES string of the molecule is CC(=O)c1cc(N)ccc1OC(NC(C)C)C(C)O. The Labute approximate surface area is 113 Å². The van der Waals surface area contributed by atoms with Gasteiger partial charge >= 0.3 is 0 Å². The topological polar surface area (TPSA) is 84.6 Å². The minimum atomic E-state index is -0.709. The number of carbonyl (C=O) groups is 1. The highest BCUT2D eigenvalue weighted by Gasteiger charge is 2.20.